The Morgan fingerprint density at radius 2 is 1.82 bits per heavy atom. The molecule has 1 aromatic heterocycles. The highest BCUT2D eigenvalue weighted by molar-refractivity contribution is 7.80. The number of halogens is 4. The number of ketones is 1. The number of anilines is 1. The van der Waals surface area contributed by atoms with E-state index in [0.717, 1.165) is 11.6 Å². The molecule has 4 aromatic rings. The highest BCUT2D eigenvalue weighted by Crippen LogP contribution is 2.33. The van der Waals surface area contributed by atoms with Gasteiger partial charge in [0.15, 0.2) is 5.11 Å². The highest BCUT2D eigenvalue weighted by atomic mass is 32.1. The number of thiocarbonyl (C=S) groups is 1. The van der Waals surface area contributed by atoms with Gasteiger partial charge in [-0.25, -0.2) is 9.37 Å². The van der Waals surface area contributed by atoms with Crippen LogP contribution in [0.1, 0.15) is 41.8 Å². The maximum Gasteiger partial charge on any atom is 0.416 e. The number of Topliss-reactive ketones (excluding diaryl/α,β-unsaturated/α-hetero) is 1. The summed E-state index contributed by atoms with van der Waals surface area (Å²) in [4.78, 5) is 19.5. The molecule has 1 heterocycles. The van der Waals surface area contributed by atoms with Crippen molar-refractivity contribution in [2.24, 2.45) is 17.6 Å². The van der Waals surface area contributed by atoms with Crippen LogP contribution in [0.25, 0.3) is 0 Å². The molecule has 2 atom stereocenters. The molecular formula is C33H32F4N6OS. The van der Waals surface area contributed by atoms with Gasteiger partial charge in [0.2, 0.25) is 0 Å². The molecule has 0 saturated heterocycles. The second-order valence-corrected chi connectivity index (χ2v) is 11.3. The molecule has 0 radical (unpaired) electrons. The van der Waals surface area contributed by atoms with Gasteiger partial charge in [-0.05, 0) is 65.7 Å². The molecule has 3 aromatic carbocycles. The fourth-order valence-corrected chi connectivity index (χ4v) is 5.46. The third-order valence-electron chi connectivity index (χ3n) is 7.41. The summed E-state index contributed by atoms with van der Waals surface area (Å²) in [7, 11) is 0. The molecule has 3 N–H and O–H groups in total. The number of aromatic nitrogens is 2. The minimum absolute atomic E-state index is 0.0378. The molecule has 234 valence electrons. The van der Waals surface area contributed by atoms with Crippen molar-refractivity contribution in [1.82, 2.24) is 14.5 Å². The second-order valence-electron chi connectivity index (χ2n) is 10.9. The van der Waals surface area contributed by atoms with Crippen LogP contribution in [0.5, 0.6) is 0 Å². The van der Waals surface area contributed by atoms with E-state index in [4.69, 9.17) is 23.2 Å². The van der Waals surface area contributed by atoms with E-state index in [9.17, 15) is 22.4 Å². The van der Waals surface area contributed by atoms with Crippen LogP contribution in [0, 0.1) is 29.0 Å². The Bertz CT molecular complexity index is 1680. The van der Waals surface area contributed by atoms with Gasteiger partial charge in [0, 0.05) is 37.1 Å². The van der Waals surface area contributed by atoms with Gasteiger partial charge in [-0.3, -0.25) is 4.79 Å². The molecule has 0 fully saturated rings. The number of hydrogen-bond acceptors (Lipinski definition) is 5. The monoisotopic (exact) mass is 636 g/mol. The van der Waals surface area contributed by atoms with E-state index in [-0.39, 0.29) is 41.0 Å². The largest absolute Gasteiger partial charge is 0.416 e. The van der Waals surface area contributed by atoms with Crippen molar-refractivity contribution in [1.29, 1.82) is 5.26 Å². The quantitative estimate of drug-likeness (QED) is 0.110. The zero-order chi connectivity index (χ0) is 32.7. The van der Waals surface area contributed by atoms with Crippen molar-refractivity contribution < 1.29 is 22.4 Å². The number of nitriles is 1. The fraction of sp³-hybridized carbons (Fsp3) is 0.273. The van der Waals surface area contributed by atoms with Gasteiger partial charge in [0.25, 0.3) is 0 Å². The average Bonchev–Trinajstić information content (AvgIpc) is 3.41. The molecule has 0 aliphatic heterocycles. The van der Waals surface area contributed by atoms with Gasteiger partial charge in [-0.2, -0.15) is 18.4 Å². The van der Waals surface area contributed by atoms with E-state index in [0.29, 0.717) is 17.8 Å². The number of nitrogens with one attached hydrogen (secondary N) is 1. The van der Waals surface area contributed by atoms with Crippen LogP contribution in [0.4, 0.5) is 23.2 Å². The normalized spacial score (nSPS) is 12.8. The maximum absolute atomic E-state index is 13.9. The number of imidazole rings is 1. The van der Waals surface area contributed by atoms with Gasteiger partial charge in [0.05, 0.1) is 35.6 Å². The van der Waals surface area contributed by atoms with Crippen LogP contribution >= 0.6 is 12.2 Å². The molecule has 0 bridgehead atoms. The Balaban J connectivity index is 1.63. The molecule has 4 rings (SSSR count). The summed E-state index contributed by atoms with van der Waals surface area (Å²) in [5.41, 5.74) is 8.14. The van der Waals surface area contributed by atoms with E-state index in [1.807, 2.05) is 16.7 Å². The van der Waals surface area contributed by atoms with Crippen molar-refractivity contribution in [2.45, 2.75) is 45.7 Å². The third kappa shape index (κ3) is 8.53. The lowest BCUT2D eigenvalue weighted by atomic mass is 9.86. The van der Waals surface area contributed by atoms with Crippen LogP contribution in [0.2, 0.25) is 0 Å². The van der Waals surface area contributed by atoms with Crippen molar-refractivity contribution in [3.8, 4) is 6.07 Å². The second kappa shape index (κ2) is 14.5. The van der Waals surface area contributed by atoms with Gasteiger partial charge in [-0.1, -0.05) is 50.2 Å². The highest BCUT2D eigenvalue weighted by Gasteiger charge is 2.37. The number of nitrogens with two attached hydrogens (primary N) is 1. The maximum atomic E-state index is 13.9. The average molecular weight is 637 g/mol. The lowest BCUT2D eigenvalue weighted by molar-refractivity contribution is -0.138. The molecule has 0 aliphatic rings. The lowest BCUT2D eigenvalue weighted by Gasteiger charge is -2.38. The van der Waals surface area contributed by atoms with Gasteiger partial charge >= 0.3 is 6.18 Å². The smallest absolute Gasteiger partial charge is 0.332 e. The van der Waals surface area contributed by atoms with E-state index in [1.165, 1.54) is 41.3 Å². The Kier molecular flexibility index (Phi) is 10.7. The van der Waals surface area contributed by atoms with Crippen molar-refractivity contribution in [3.63, 3.8) is 0 Å². The van der Waals surface area contributed by atoms with Crippen LogP contribution < -0.4 is 11.1 Å². The van der Waals surface area contributed by atoms with E-state index in [1.54, 1.807) is 44.6 Å². The Hall–Kier alpha value is -4.60. The summed E-state index contributed by atoms with van der Waals surface area (Å²) in [5.74, 6) is -1.95. The zero-order valence-electron chi connectivity index (χ0n) is 24.6. The Morgan fingerprint density at radius 1 is 1.11 bits per heavy atom. The summed E-state index contributed by atoms with van der Waals surface area (Å²) in [6.07, 6.45) is -2.63. The van der Waals surface area contributed by atoms with Crippen molar-refractivity contribution in [3.05, 3.63) is 119 Å². The lowest BCUT2D eigenvalue weighted by Crippen LogP contribution is -2.55. The molecule has 0 aliphatic carbocycles. The fourth-order valence-electron chi connectivity index (χ4n) is 5.16. The molecule has 0 amide bonds. The van der Waals surface area contributed by atoms with Crippen LogP contribution in [-0.2, 0) is 30.5 Å². The summed E-state index contributed by atoms with van der Waals surface area (Å²) in [5, 5.41) is 11.9. The van der Waals surface area contributed by atoms with Crippen LogP contribution in [0.3, 0.4) is 0 Å². The van der Waals surface area contributed by atoms with Gasteiger partial charge < -0.3 is 20.5 Å². The first kappa shape index (κ1) is 33.3. The summed E-state index contributed by atoms with van der Waals surface area (Å²) in [6, 6.07) is 19.7. The third-order valence-corrected chi connectivity index (χ3v) is 7.74. The van der Waals surface area contributed by atoms with E-state index < -0.39 is 29.6 Å². The number of alkyl halides is 3. The van der Waals surface area contributed by atoms with E-state index in [2.05, 4.69) is 16.4 Å². The Labute approximate surface area is 264 Å². The summed E-state index contributed by atoms with van der Waals surface area (Å²) < 4.78 is 57.5. The van der Waals surface area contributed by atoms with Crippen LogP contribution in [-0.4, -0.2) is 31.5 Å². The molecular weight excluding hydrogens is 604 g/mol. The first-order chi connectivity index (χ1) is 21.4. The molecule has 0 spiro atoms. The minimum Gasteiger partial charge on any atom is -0.332 e. The number of benzene rings is 3. The van der Waals surface area contributed by atoms with E-state index >= 15 is 0 Å². The Morgan fingerprint density at radius 3 is 2.47 bits per heavy atom. The predicted molar refractivity (Wildman–Crippen MR) is 167 cm³/mol. The summed E-state index contributed by atoms with van der Waals surface area (Å²) in [6.45, 7) is 3.67. The topological polar surface area (TPSA) is 100.0 Å². The van der Waals surface area contributed by atoms with Gasteiger partial charge in [-0.15, -0.1) is 0 Å². The molecule has 1 unspecified atom stereocenters. The van der Waals surface area contributed by atoms with Gasteiger partial charge in [0.1, 0.15) is 11.6 Å². The number of carbonyl (C=O) groups is 1. The number of carbonyl (C=O) groups excluding carboxylic acids is 1. The first-order valence-electron chi connectivity index (χ1n) is 14.1. The molecule has 7 nitrogen and oxygen atoms in total. The number of hydrogen-bond donors (Lipinski definition) is 2. The number of nitrogens with zero attached hydrogens (tertiary/aromatic N) is 4. The minimum atomic E-state index is -4.63. The zero-order valence-corrected chi connectivity index (χ0v) is 25.4. The standard InChI is InChI=1S/C33H32F4N6OS/c1-21(2)30(29(44)15-27-17-40-20-42(27)18-23-12-10-22(16-38)11-13-23)31(39)43(32(45)41-26-8-5-7-25(34)14-26)19-24-6-3-4-9-28(24)33(35,36)37/h3-14,17,20-21,30-31H,15,18-19,39H2,1-2H3,(H,41,45)/t30-,31?/m1/s1. The number of rotatable bonds is 11. The van der Waals surface area contributed by atoms with Crippen molar-refractivity contribution >= 4 is 28.8 Å². The molecule has 45 heavy (non-hydrogen) atoms. The molecule has 12 heteroatoms. The molecule has 0 saturated carbocycles. The predicted octanol–water partition coefficient (Wildman–Crippen LogP) is 6.53. The first-order valence-corrected chi connectivity index (χ1v) is 14.5. The summed E-state index contributed by atoms with van der Waals surface area (Å²) >= 11 is 5.62. The van der Waals surface area contributed by atoms with Crippen LogP contribution in [0.15, 0.2) is 85.3 Å². The van der Waals surface area contributed by atoms with Crippen molar-refractivity contribution in [2.75, 3.05) is 5.32 Å². The SMILES string of the molecule is CC(C)[C@H](C(=O)Cc1cncn1Cc1ccc(C#N)cc1)C(N)N(Cc1ccccc1C(F)(F)F)C(=S)Nc1cccc(F)c1.